The Hall–Kier alpha value is -0.455. The molecule has 19 heavy (non-hydrogen) atoms. The second-order valence-corrected chi connectivity index (χ2v) is 8.29. The normalized spacial score (nSPS) is 49.2. The van der Waals surface area contributed by atoms with Gasteiger partial charge in [0.25, 0.3) is 0 Å². The third kappa shape index (κ3) is 1.24. The van der Waals surface area contributed by atoms with Gasteiger partial charge in [0.15, 0.2) is 0 Å². The molecule has 1 saturated heterocycles. The second-order valence-electron chi connectivity index (χ2n) is 8.29. The minimum Gasteiger partial charge on any atom is -0.403 e. The van der Waals surface area contributed by atoms with Crippen LogP contribution in [0.2, 0.25) is 5.31 Å². The van der Waals surface area contributed by atoms with E-state index in [4.69, 9.17) is 15.7 Å². The number of hydrogen-bond donors (Lipinski definition) is 0. The van der Waals surface area contributed by atoms with E-state index in [0.717, 1.165) is 18.8 Å². The fourth-order valence-electron chi connectivity index (χ4n) is 4.78. The first-order valence-electron chi connectivity index (χ1n) is 7.60. The van der Waals surface area contributed by atoms with Crippen LogP contribution in [-0.4, -0.2) is 18.3 Å². The lowest BCUT2D eigenvalue weighted by atomic mass is 9.18. The number of terminal acetylenes is 1. The fourth-order valence-corrected chi connectivity index (χ4v) is 4.78. The lowest BCUT2D eigenvalue weighted by molar-refractivity contribution is -0.156. The standard InChI is InChI=1S/C16H23BO2/c1-6-15-9-16(10-15,12(15)11-7-8-11)17-18-13(2,3)14(4,5)19-17/h1,11-12H,7-10H2,2-5H3. The molecule has 4 saturated carbocycles. The van der Waals surface area contributed by atoms with Crippen molar-refractivity contribution in [1.29, 1.82) is 0 Å². The Morgan fingerprint density at radius 2 is 1.58 bits per heavy atom. The highest BCUT2D eigenvalue weighted by Gasteiger charge is 2.83. The molecule has 0 spiro atoms. The summed E-state index contributed by atoms with van der Waals surface area (Å²) in [5.74, 6) is 4.61. The molecule has 5 rings (SSSR count). The molecule has 1 heterocycles. The molecule has 1 aliphatic heterocycles. The van der Waals surface area contributed by atoms with Gasteiger partial charge >= 0.3 is 7.12 Å². The van der Waals surface area contributed by atoms with Crippen molar-refractivity contribution in [3.63, 3.8) is 0 Å². The van der Waals surface area contributed by atoms with Gasteiger partial charge in [-0.05, 0) is 65.2 Å². The van der Waals surface area contributed by atoms with Crippen molar-refractivity contribution in [2.45, 2.75) is 69.9 Å². The summed E-state index contributed by atoms with van der Waals surface area (Å²) in [6.45, 7) is 8.56. The Balaban J connectivity index is 1.61. The van der Waals surface area contributed by atoms with Gasteiger partial charge in [0.05, 0.1) is 11.2 Å². The zero-order valence-corrected chi connectivity index (χ0v) is 12.5. The monoisotopic (exact) mass is 258 g/mol. The molecule has 0 radical (unpaired) electrons. The summed E-state index contributed by atoms with van der Waals surface area (Å²) in [5.41, 5.74) is -0.236. The molecule has 0 aromatic rings. The van der Waals surface area contributed by atoms with Crippen LogP contribution in [0.4, 0.5) is 0 Å². The third-order valence-electron chi connectivity index (χ3n) is 6.61. The van der Waals surface area contributed by atoms with Crippen molar-refractivity contribution in [3.05, 3.63) is 0 Å². The van der Waals surface area contributed by atoms with Gasteiger partial charge in [0.1, 0.15) is 0 Å². The van der Waals surface area contributed by atoms with Gasteiger partial charge in [-0.2, -0.15) is 0 Å². The largest absolute Gasteiger partial charge is 0.464 e. The van der Waals surface area contributed by atoms with E-state index in [0.29, 0.717) is 5.92 Å². The van der Waals surface area contributed by atoms with Crippen molar-refractivity contribution in [3.8, 4) is 12.3 Å². The maximum absolute atomic E-state index is 6.32. The van der Waals surface area contributed by atoms with Crippen molar-refractivity contribution >= 4 is 7.12 Å². The van der Waals surface area contributed by atoms with Crippen LogP contribution in [0.15, 0.2) is 0 Å². The summed E-state index contributed by atoms with van der Waals surface area (Å²) in [6.07, 6.45) is 10.7. The summed E-state index contributed by atoms with van der Waals surface area (Å²) >= 11 is 0. The first-order chi connectivity index (χ1) is 8.76. The Morgan fingerprint density at radius 3 is 2.00 bits per heavy atom. The molecule has 1 atom stereocenters. The van der Waals surface area contributed by atoms with Crippen LogP contribution in [0.1, 0.15) is 53.4 Å². The van der Waals surface area contributed by atoms with Crippen LogP contribution in [0.25, 0.3) is 0 Å². The molecule has 0 amide bonds. The van der Waals surface area contributed by atoms with E-state index < -0.39 is 0 Å². The summed E-state index contributed by atoms with van der Waals surface area (Å²) in [4.78, 5) is 0. The highest BCUT2D eigenvalue weighted by atomic mass is 16.7. The van der Waals surface area contributed by atoms with Gasteiger partial charge in [-0.1, -0.05) is 5.92 Å². The van der Waals surface area contributed by atoms with E-state index in [2.05, 4.69) is 33.6 Å². The Kier molecular flexibility index (Phi) is 1.99. The molecule has 3 heteroatoms. The van der Waals surface area contributed by atoms with Gasteiger partial charge < -0.3 is 9.31 Å². The highest BCUT2D eigenvalue weighted by molar-refractivity contribution is 6.51. The summed E-state index contributed by atoms with van der Waals surface area (Å²) in [6, 6.07) is 0. The molecule has 2 bridgehead atoms. The molecule has 4 aliphatic carbocycles. The molecule has 5 fully saturated rings. The molecule has 1 unspecified atom stereocenters. The van der Waals surface area contributed by atoms with E-state index in [9.17, 15) is 0 Å². The summed E-state index contributed by atoms with van der Waals surface area (Å²) in [7, 11) is -0.0432. The average Bonchev–Trinajstić information content (AvgIpc) is 2.93. The zero-order chi connectivity index (χ0) is 13.7. The Morgan fingerprint density at radius 1 is 1.05 bits per heavy atom. The van der Waals surface area contributed by atoms with Gasteiger partial charge in [-0.15, -0.1) is 6.42 Å². The topological polar surface area (TPSA) is 18.5 Å². The molecule has 0 N–H and O–H groups in total. The molecule has 0 aromatic heterocycles. The van der Waals surface area contributed by atoms with Crippen molar-refractivity contribution in [2.24, 2.45) is 17.3 Å². The van der Waals surface area contributed by atoms with Crippen LogP contribution >= 0.6 is 0 Å². The fraction of sp³-hybridized carbons (Fsp3) is 0.875. The molecule has 2 nitrogen and oxygen atoms in total. The Labute approximate surface area is 116 Å². The van der Waals surface area contributed by atoms with E-state index in [1.807, 2.05) is 0 Å². The van der Waals surface area contributed by atoms with Gasteiger partial charge in [0, 0.05) is 10.7 Å². The predicted molar refractivity (Wildman–Crippen MR) is 75.5 cm³/mol. The van der Waals surface area contributed by atoms with Gasteiger partial charge in [-0.25, -0.2) is 0 Å². The van der Waals surface area contributed by atoms with Crippen molar-refractivity contribution < 1.29 is 9.31 Å². The van der Waals surface area contributed by atoms with E-state index in [-0.39, 0.29) is 29.0 Å². The molecule has 102 valence electrons. The van der Waals surface area contributed by atoms with Crippen LogP contribution in [0.5, 0.6) is 0 Å². The molecule has 0 aromatic carbocycles. The SMILES string of the molecule is C#CC12CC(B3OC(C)(C)C(C)(C)O3)(C1)C2C1CC1. The maximum atomic E-state index is 6.32. The number of rotatable bonds is 2. The smallest absolute Gasteiger partial charge is 0.403 e. The van der Waals surface area contributed by atoms with E-state index in [1.54, 1.807) is 0 Å². The predicted octanol–water partition coefficient (Wildman–Crippen LogP) is 3.27. The van der Waals surface area contributed by atoms with Gasteiger partial charge in [-0.3, -0.25) is 0 Å². The Bertz CT molecular complexity index is 461. The van der Waals surface area contributed by atoms with Crippen LogP contribution in [0, 0.1) is 29.6 Å². The molecular weight excluding hydrogens is 235 g/mol. The van der Waals surface area contributed by atoms with Crippen LogP contribution < -0.4 is 0 Å². The van der Waals surface area contributed by atoms with Crippen LogP contribution in [-0.2, 0) is 9.31 Å². The first kappa shape index (κ1) is 12.3. The first-order valence-corrected chi connectivity index (χ1v) is 7.60. The van der Waals surface area contributed by atoms with Crippen molar-refractivity contribution in [2.75, 3.05) is 0 Å². The van der Waals surface area contributed by atoms with Crippen molar-refractivity contribution in [1.82, 2.24) is 0 Å². The second kappa shape index (κ2) is 3.07. The maximum Gasteiger partial charge on any atom is 0.464 e. The minimum atomic E-state index is -0.218. The third-order valence-corrected chi connectivity index (χ3v) is 6.61. The zero-order valence-electron chi connectivity index (χ0n) is 12.5. The lowest BCUT2D eigenvalue weighted by Gasteiger charge is -2.75. The van der Waals surface area contributed by atoms with E-state index >= 15 is 0 Å². The highest BCUT2D eigenvalue weighted by Crippen LogP contribution is 2.87. The quantitative estimate of drug-likeness (QED) is 0.559. The minimum absolute atomic E-state index is 0.0432. The molecular formula is C16H23BO2. The van der Waals surface area contributed by atoms with Crippen LogP contribution in [0.3, 0.4) is 0 Å². The summed E-state index contributed by atoms with van der Waals surface area (Å²) in [5, 5.41) is 0.235. The number of hydrogen-bond acceptors (Lipinski definition) is 2. The molecule has 5 aliphatic rings. The van der Waals surface area contributed by atoms with Gasteiger partial charge in [0.2, 0.25) is 0 Å². The average molecular weight is 258 g/mol. The van der Waals surface area contributed by atoms with E-state index in [1.165, 1.54) is 12.8 Å². The summed E-state index contributed by atoms with van der Waals surface area (Å²) < 4.78 is 12.6. The lowest BCUT2D eigenvalue weighted by Crippen LogP contribution is -2.71.